The molecule has 3 nitrogen and oxygen atoms in total. The maximum atomic E-state index is 6.84. The molecule has 0 radical (unpaired) electrons. The molecule has 1 aromatic heterocycles. The molecule has 2 unspecified atom stereocenters. The second-order valence-electron chi connectivity index (χ2n) is 10.6. The van der Waals surface area contributed by atoms with Crippen molar-refractivity contribution < 1.29 is 4.74 Å². The van der Waals surface area contributed by atoms with E-state index >= 15 is 0 Å². The van der Waals surface area contributed by atoms with Gasteiger partial charge in [-0.15, -0.1) is 0 Å². The van der Waals surface area contributed by atoms with Crippen molar-refractivity contribution in [2.45, 2.75) is 24.9 Å². The molecule has 2 aliphatic carbocycles. The maximum absolute atomic E-state index is 6.84. The summed E-state index contributed by atoms with van der Waals surface area (Å²) < 4.78 is 9.10. The van der Waals surface area contributed by atoms with Crippen LogP contribution in [0.3, 0.4) is 0 Å². The molecule has 0 saturated heterocycles. The summed E-state index contributed by atoms with van der Waals surface area (Å²) in [6.45, 7) is 0. The monoisotopic (exact) mass is 516 g/mol. The van der Waals surface area contributed by atoms with Gasteiger partial charge in [0, 0.05) is 28.3 Å². The van der Waals surface area contributed by atoms with Crippen molar-refractivity contribution in [1.82, 2.24) is 9.55 Å². The number of allylic oxidation sites excluding steroid dienone is 5. The Kier molecular flexibility index (Phi) is 5.41. The molecule has 0 amide bonds. The first-order valence-corrected chi connectivity index (χ1v) is 14.0. The lowest BCUT2D eigenvalue weighted by Crippen LogP contribution is -2.23. The van der Waals surface area contributed by atoms with E-state index in [0.717, 1.165) is 57.8 Å². The van der Waals surface area contributed by atoms with E-state index in [-0.39, 0.29) is 12.0 Å². The number of rotatable bonds is 4. The van der Waals surface area contributed by atoms with Gasteiger partial charge in [0.05, 0.1) is 11.0 Å². The summed E-state index contributed by atoms with van der Waals surface area (Å²) in [5.41, 5.74) is 10.5. The van der Waals surface area contributed by atoms with Crippen LogP contribution in [-0.2, 0) is 0 Å². The smallest absolute Gasteiger partial charge is 0.145 e. The highest BCUT2D eigenvalue weighted by atomic mass is 16.5. The first-order chi connectivity index (χ1) is 19.8. The highest BCUT2D eigenvalue weighted by molar-refractivity contribution is 5.85. The van der Waals surface area contributed by atoms with Crippen molar-refractivity contribution in [2.24, 2.45) is 0 Å². The average Bonchev–Trinajstić information content (AvgIpc) is 3.61. The molecule has 3 heteroatoms. The van der Waals surface area contributed by atoms with Crippen molar-refractivity contribution in [2.75, 3.05) is 0 Å². The summed E-state index contributed by atoms with van der Waals surface area (Å²) in [6.07, 6.45) is 15.6. The van der Waals surface area contributed by atoms with Crippen molar-refractivity contribution in [3.05, 3.63) is 150 Å². The lowest BCUT2D eigenvalue weighted by atomic mass is 9.82. The normalized spacial score (nSPS) is 19.1. The number of fused-ring (bicyclic) bond motifs is 4. The summed E-state index contributed by atoms with van der Waals surface area (Å²) >= 11 is 0. The first kappa shape index (κ1) is 23.0. The zero-order valence-electron chi connectivity index (χ0n) is 22.1. The molecule has 192 valence electrons. The molecule has 40 heavy (non-hydrogen) atoms. The van der Waals surface area contributed by atoms with Crippen molar-refractivity contribution in [1.29, 1.82) is 0 Å². The Morgan fingerprint density at radius 2 is 1.62 bits per heavy atom. The molecule has 5 aromatic rings. The van der Waals surface area contributed by atoms with E-state index in [1.807, 2.05) is 12.1 Å². The summed E-state index contributed by atoms with van der Waals surface area (Å²) in [5, 5.41) is 0. The van der Waals surface area contributed by atoms with Gasteiger partial charge in [-0.1, -0.05) is 103 Å². The number of benzene rings is 4. The van der Waals surface area contributed by atoms with E-state index < -0.39 is 0 Å². The van der Waals surface area contributed by atoms with E-state index in [1.165, 1.54) is 16.7 Å². The van der Waals surface area contributed by atoms with Crippen LogP contribution >= 0.6 is 0 Å². The van der Waals surface area contributed by atoms with Crippen LogP contribution in [0.2, 0.25) is 0 Å². The van der Waals surface area contributed by atoms with Gasteiger partial charge in [-0.2, -0.15) is 0 Å². The van der Waals surface area contributed by atoms with Gasteiger partial charge in [0.25, 0.3) is 0 Å². The predicted molar refractivity (Wildman–Crippen MR) is 163 cm³/mol. The minimum atomic E-state index is 0.0179. The third-order valence-corrected chi connectivity index (χ3v) is 8.27. The van der Waals surface area contributed by atoms with E-state index in [1.54, 1.807) is 0 Å². The molecule has 2 heterocycles. The van der Waals surface area contributed by atoms with Crippen LogP contribution in [-0.4, -0.2) is 15.7 Å². The molecule has 1 aliphatic heterocycles. The van der Waals surface area contributed by atoms with Gasteiger partial charge < -0.3 is 4.74 Å². The Bertz CT molecular complexity index is 1890. The van der Waals surface area contributed by atoms with E-state index in [0.29, 0.717) is 0 Å². The molecule has 0 saturated carbocycles. The molecule has 0 N–H and O–H groups in total. The number of hydrogen-bond acceptors (Lipinski definition) is 2. The molecule has 0 bridgehead atoms. The van der Waals surface area contributed by atoms with Crippen LogP contribution in [0.4, 0.5) is 0 Å². The fourth-order valence-corrected chi connectivity index (χ4v) is 6.39. The summed E-state index contributed by atoms with van der Waals surface area (Å²) in [5.74, 6) is 2.16. The van der Waals surface area contributed by atoms with E-state index in [9.17, 15) is 0 Å². The second kappa shape index (κ2) is 9.39. The van der Waals surface area contributed by atoms with Crippen LogP contribution in [0.1, 0.15) is 24.3 Å². The molecule has 0 spiro atoms. The maximum Gasteiger partial charge on any atom is 0.145 e. The molecule has 3 aliphatic rings. The average molecular weight is 517 g/mol. The highest BCUT2D eigenvalue weighted by Gasteiger charge is 2.38. The quantitative estimate of drug-likeness (QED) is 0.238. The fourth-order valence-electron chi connectivity index (χ4n) is 6.39. The van der Waals surface area contributed by atoms with Crippen LogP contribution in [0.25, 0.3) is 39.2 Å². The highest BCUT2D eigenvalue weighted by Crippen LogP contribution is 2.50. The topological polar surface area (TPSA) is 27.1 Å². The van der Waals surface area contributed by atoms with Gasteiger partial charge in [0.15, 0.2) is 0 Å². The molecule has 8 rings (SSSR count). The predicted octanol–water partition coefficient (Wildman–Crippen LogP) is 8.98. The number of imidazole rings is 1. The Hall–Kier alpha value is -4.89. The molecule has 0 fully saturated rings. The minimum absolute atomic E-state index is 0.0179. The lowest BCUT2D eigenvalue weighted by Gasteiger charge is -2.25. The zero-order chi connectivity index (χ0) is 26.5. The summed E-state index contributed by atoms with van der Waals surface area (Å²) in [7, 11) is 0. The van der Waals surface area contributed by atoms with Gasteiger partial charge in [0.1, 0.15) is 17.7 Å². The van der Waals surface area contributed by atoms with Crippen LogP contribution in [0.5, 0.6) is 5.75 Å². The van der Waals surface area contributed by atoms with Crippen molar-refractivity contribution in [3.8, 4) is 34.0 Å². The third-order valence-electron chi connectivity index (χ3n) is 8.27. The number of nitrogens with zero attached hydrogens (tertiary/aromatic N) is 2. The standard InChI is InChI=1S/C37H28N2O/c1-3-12-25(13-4-1)29-18-10-20-31-32-21-11-19-30(36(32)40-35(29)31)26-14-9-15-27(24-26)37-38-33-22-7-8-23-34(33)39(37)28-16-5-2-6-17-28/h1-3,5-12,14-24,31,35H,4,13H2. The lowest BCUT2D eigenvalue weighted by molar-refractivity contribution is 0.258. The van der Waals surface area contributed by atoms with E-state index in [2.05, 4.69) is 126 Å². The number of hydrogen-bond donors (Lipinski definition) is 0. The van der Waals surface area contributed by atoms with Gasteiger partial charge in [-0.05, 0) is 59.9 Å². The Morgan fingerprint density at radius 3 is 2.52 bits per heavy atom. The van der Waals surface area contributed by atoms with E-state index in [4.69, 9.17) is 9.72 Å². The van der Waals surface area contributed by atoms with Gasteiger partial charge in [-0.25, -0.2) is 4.98 Å². The Balaban J connectivity index is 1.23. The number of para-hydroxylation sites is 4. The SMILES string of the molecule is C1=CCCC(C2=CC=CC3c4cccc(-c5cccc(-c6nc7ccccc7n6-c6ccccc6)c5)c4OC23)=C1. The van der Waals surface area contributed by atoms with Crippen molar-refractivity contribution >= 4 is 11.0 Å². The van der Waals surface area contributed by atoms with Crippen LogP contribution in [0, 0.1) is 0 Å². The van der Waals surface area contributed by atoms with Crippen molar-refractivity contribution in [3.63, 3.8) is 0 Å². The Labute approximate surface area is 234 Å². The zero-order valence-corrected chi connectivity index (χ0v) is 22.1. The fraction of sp³-hybridized carbons (Fsp3) is 0.108. The van der Waals surface area contributed by atoms with Crippen LogP contribution < -0.4 is 4.74 Å². The van der Waals surface area contributed by atoms with Gasteiger partial charge >= 0.3 is 0 Å². The third kappa shape index (κ3) is 3.70. The number of ether oxygens (including phenoxy) is 1. The molecule has 4 aromatic carbocycles. The summed E-state index contributed by atoms with van der Waals surface area (Å²) in [4.78, 5) is 5.09. The van der Waals surface area contributed by atoms with Crippen LogP contribution in [0.15, 0.2) is 145 Å². The minimum Gasteiger partial charge on any atom is -0.484 e. The van der Waals surface area contributed by atoms with Gasteiger partial charge in [-0.3, -0.25) is 4.57 Å². The first-order valence-electron chi connectivity index (χ1n) is 14.0. The molecular formula is C37H28N2O. The van der Waals surface area contributed by atoms with Gasteiger partial charge in [0.2, 0.25) is 0 Å². The molecule has 2 atom stereocenters. The second-order valence-corrected chi connectivity index (χ2v) is 10.6. The molecular weight excluding hydrogens is 488 g/mol. The largest absolute Gasteiger partial charge is 0.484 e. The Morgan fingerprint density at radius 1 is 0.775 bits per heavy atom. The number of aromatic nitrogens is 2. The summed E-state index contributed by atoms with van der Waals surface area (Å²) in [6, 6.07) is 34.1.